The molecular weight excluding hydrogens is 240 g/mol. The fourth-order valence-corrected chi connectivity index (χ4v) is 1.66. The van der Waals surface area contributed by atoms with E-state index in [-0.39, 0.29) is 12.0 Å². The summed E-state index contributed by atoms with van der Waals surface area (Å²) in [5.41, 5.74) is 7.80. The molecule has 5 heteroatoms. The van der Waals surface area contributed by atoms with Gasteiger partial charge in [0.05, 0.1) is 18.8 Å². The van der Waals surface area contributed by atoms with Crippen molar-refractivity contribution in [2.45, 2.75) is 19.9 Å². The van der Waals surface area contributed by atoms with Gasteiger partial charge in [-0.05, 0) is 18.1 Å². The van der Waals surface area contributed by atoms with Gasteiger partial charge in [0.1, 0.15) is 5.82 Å². The maximum Gasteiger partial charge on any atom is 0.216 e. The second kappa shape index (κ2) is 5.75. The number of hydrogen-bond donors (Lipinski definition) is 1. The molecule has 1 unspecified atom stereocenters. The molecule has 2 N–H and O–H groups in total. The molecule has 0 aliphatic heterocycles. The van der Waals surface area contributed by atoms with Gasteiger partial charge in [-0.1, -0.05) is 13.8 Å². The number of ether oxygens (including phenoxy) is 1. The van der Waals surface area contributed by atoms with Crippen molar-refractivity contribution in [3.63, 3.8) is 0 Å². The van der Waals surface area contributed by atoms with Crippen LogP contribution < -0.4 is 10.5 Å². The third-order valence-corrected chi connectivity index (χ3v) is 2.90. The zero-order valence-corrected chi connectivity index (χ0v) is 11.4. The maximum atomic E-state index is 6.11. The van der Waals surface area contributed by atoms with E-state index in [1.807, 2.05) is 26.0 Å². The number of hydrogen-bond acceptors (Lipinski definition) is 5. The van der Waals surface area contributed by atoms with Crippen LogP contribution in [0.5, 0.6) is 5.88 Å². The minimum atomic E-state index is -0.217. The Morgan fingerprint density at radius 2 is 2.05 bits per heavy atom. The minimum Gasteiger partial charge on any atom is -0.481 e. The normalized spacial score (nSPS) is 12.5. The Balaban J connectivity index is 2.48. The van der Waals surface area contributed by atoms with E-state index in [0.29, 0.717) is 11.7 Å². The molecule has 2 rings (SSSR count). The topological polar surface area (TPSA) is 73.9 Å². The first kappa shape index (κ1) is 13.4. The van der Waals surface area contributed by atoms with Crippen molar-refractivity contribution < 1.29 is 4.74 Å². The first-order valence-electron chi connectivity index (χ1n) is 6.20. The van der Waals surface area contributed by atoms with Crippen molar-refractivity contribution in [3.8, 4) is 17.1 Å². The highest BCUT2D eigenvalue weighted by molar-refractivity contribution is 5.58. The lowest BCUT2D eigenvalue weighted by Gasteiger charge is -2.15. The second-order valence-electron chi connectivity index (χ2n) is 4.67. The van der Waals surface area contributed by atoms with Crippen LogP contribution in [-0.4, -0.2) is 22.1 Å². The molecule has 0 aliphatic rings. The van der Waals surface area contributed by atoms with E-state index in [2.05, 4.69) is 15.0 Å². The van der Waals surface area contributed by atoms with Crippen LogP contribution in [0.3, 0.4) is 0 Å². The number of rotatable bonds is 4. The molecule has 2 heterocycles. The summed E-state index contributed by atoms with van der Waals surface area (Å²) in [5.74, 6) is 1.36. The first-order chi connectivity index (χ1) is 9.11. The lowest BCUT2D eigenvalue weighted by molar-refractivity contribution is 0.389. The van der Waals surface area contributed by atoms with Gasteiger partial charge >= 0.3 is 0 Å². The van der Waals surface area contributed by atoms with Crippen LogP contribution in [0.2, 0.25) is 0 Å². The molecule has 0 aliphatic carbocycles. The van der Waals surface area contributed by atoms with Gasteiger partial charge in [-0.3, -0.25) is 4.98 Å². The lowest BCUT2D eigenvalue weighted by atomic mass is 10.0. The molecule has 5 nitrogen and oxygen atoms in total. The number of nitrogens with zero attached hydrogens (tertiary/aromatic N) is 3. The van der Waals surface area contributed by atoms with Crippen molar-refractivity contribution in [1.82, 2.24) is 15.0 Å². The summed E-state index contributed by atoms with van der Waals surface area (Å²) in [7, 11) is 1.58. The van der Waals surface area contributed by atoms with Crippen molar-refractivity contribution in [2.24, 2.45) is 11.7 Å². The summed E-state index contributed by atoms with van der Waals surface area (Å²) in [6, 6.07) is 5.38. The molecule has 2 aromatic rings. The average molecular weight is 258 g/mol. The van der Waals surface area contributed by atoms with Gasteiger partial charge in [0.25, 0.3) is 0 Å². The first-order valence-corrected chi connectivity index (χ1v) is 6.20. The molecule has 100 valence electrons. The summed E-state index contributed by atoms with van der Waals surface area (Å²) in [4.78, 5) is 12.9. The Morgan fingerprint density at radius 3 is 2.63 bits per heavy atom. The Morgan fingerprint density at radius 1 is 1.26 bits per heavy atom. The smallest absolute Gasteiger partial charge is 0.216 e. The predicted octanol–water partition coefficient (Wildman–Crippen LogP) is 2.20. The van der Waals surface area contributed by atoms with Crippen LogP contribution in [0.1, 0.15) is 25.7 Å². The highest BCUT2D eigenvalue weighted by atomic mass is 16.5. The average Bonchev–Trinajstić information content (AvgIpc) is 2.46. The van der Waals surface area contributed by atoms with Gasteiger partial charge in [-0.15, -0.1) is 0 Å². The van der Waals surface area contributed by atoms with E-state index in [4.69, 9.17) is 10.5 Å². The van der Waals surface area contributed by atoms with Crippen LogP contribution in [-0.2, 0) is 0 Å². The van der Waals surface area contributed by atoms with Crippen molar-refractivity contribution in [2.75, 3.05) is 7.11 Å². The van der Waals surface area contributed by atoms with Gasteiger partial charge in [0.15, 0.2) is 0 Å². The monoisotopic (exact) mass is 258 g/mol. The Kier molecular flexibility index (Phi) is 4.06. The summed E-state index contributed by atoms with van der Waals surface area (Å²) in [6.07, 6.45) is 3.48. The number of methoxy groups -OCH3 is 1. The fraction of sp³-hybridized carbons (Fsp3) is 0.357. The third kappa shape index (κ3) is 3.06. The zero-order valence-electron chi connectivity index (χ0n) is 11.4. The summed E-state index contributed by atoms with van der Waals surface area (Å²) in [5, 5.41) is 0. The van der Waals surface area contributed by atoms with E-state index >= 15 is 0 Å². The third-order valence-electron chi connectivity index (χ3n) is 2.90. The molecule has 2 aromatic heterocycles. The molecule has 0 spiro atoms. The minimum absolute atomic E-state index is 0.217. The van der Waals surface area contributed by atoms with Gasteiger partial charge in [-0.2, -0.15) is 4.98 Å². The summed E-state index contributed by atoms with van der Waals surface area (Å²) in [6.45, 7) is 4.08. The molecule has 0 amide bonds. The summed E-state index contributed by atoms with van der Waals surface area (Å²) < 4.78 is 5.22. The molecule has 0 radical (unpaired) electrons. The molecule has 0 fully saturated rings. The molecule has 0 saturated heterocycles. The zero-order chi connectivity index (χ0) is 13.8. The number of pyridine rings is 1. The fourth-order valence-electron chi connectivity index (χ4n) is 1.66. The van der Waals surface area contributed by atoms with Gasteiger partial charge < -0.3 is 10.5 Å². The predicted molar refractivity (Wildman–Crippen MR) is 73.6 cm³/mol. The maximum absolute atomic E-state index is 6.11. The highest BCUT2D eigenvalue weighted by Gasteiger charge is 2.16. The van der Waals surface area contributed by atoms with E-state index in [1.54, 1.807) is 25.6 Å². The second-order valence-corrected chi connectivity index (χ2v) is 4.67. The highest BCUT2D eigenvalue weighted by Crippen LogP contribution is 2.23. The standard InChI is InChI=1S/C14H18N4O/c1-9(2)13(15)14-17-11(7-12(18-14)19-3)10-5-4-6-16-8-10/h4-9,13H,15H2,1-3H3. The van der Waals surface area contributed by atoms with E-state index in [1.165, 1.54) is 0 Å². The van der Waals surface area contributed by atoms with Crippen LogP contribution in [0.4, 0.5) is 0 Å². The van der Waals surface area contributed by atoms with Crippen LogP contribution in [0.25, 0.3) is 11.3 Å². The number of nitrogens with two attached hydrogens (primary N) is 1. The Hall–Kier alpha value is -2.01. The van der Waals surface area contributed by atoms with Gasteiger partial charge in [0.2, 0.25) is 5.88 Å². The quantitative estimate of drug-likeness (QED) is 0.910. The molecule has 0 saturated carbocycles. The molecule has 0 bridgehead atoms. The largest absolute Gasteiger partial charge is 0.481 e. The SMILES string of the molecule is COc1cc(-c2cccnc2)nc(C(N)C(C)C)n1. The van der Waals surface area contributed by atoms with E-state index in [0.717, 1.165) is 11.3 Å². The van der Waals surface area contributed by atoms with Crippen LogP contribution >= 0.6 is 0 Å². The molecular formula is C14H18N4O. The van der Waals surface area contributed by atoms with Gasteiger partial charge in [-0.25, -0.2) is 4.98 Å². The van der Waals surface area contributed by atoms with Crippen molar-refractivity contribution in [1.29, 1.82) is 0 Å². The summed E-state index contributed by atoms with van der Waals surface area (Å²) >= 11 is 0. The van der Waals surface area contributed by atoms with Gasteiger partial charge in [0, 0.05) is 24.0 Å². The van der Waals surface area contributed by atoms with E-state index in [9.17, 15) is 0 Å². The lowest BCUT2D eigenvalue weighted by Crippen LogP contribution is -2.20. The Bertz CT molecular complexity index is 542. The molecule has 1 atom stereocenters. The molecule has 0 aromatic carbocycles. The molecule has 19 heavy (non-hydrogen) atoms. The Labute approximate surface area is 112 Å². The van der Waals surface area contributed by atoms with Crippen LogP contribution in [0.15, 0.2) is 30.6 Å². The van der Waals surface area contributed by atoms with Crippen molar-refractivity contribution in [3.05, 3.63) is 36.4 Å². The number of aromatic nitrogens is 3. The van der Waals surface area contributed by atoms with Crippen LogP contribution in [0, 0.1) is 5.92 Å². The van der Waals surface area contributed by atoms with E-state index < -0.39 is 0 Å². The van der Waals surface area contributed by atoms with Crippen molar-refractivity contribution >= 4 is 0 Å².